The van der Waals surface area contributed by atoms with Crippen LogP contribution in [0, 0.1) is 0 Å². The summed E-state index contributed by atoms with van der Waals surface area (Å²) in [5.74, 6) is -0.106. The van der Waals surface area contributed by atoms with Crippen LogP contribution in [0.4, 0.5) is 4.79 Å². The summed E-state index contributed by atoms with van der Waals surface area (Å²) >= 11 is 0. The molecule has 29 heavy (non-hydrogen) atoms. The van der Waals surface area contributed by atoms with Crippen molar-refractivity contribution in [3.63, 3.8) is 0 Å². The first-order chi connectivity index (χ1) is 13.4. The molecule has 1 aromatic carbocycles. The predicted octanol–water partition coefficient (Wildman–Crippen LogP) is 5.59. The van der Waals surface area contributed by atoms with Crippen molar-refractivity contribution in [2.75, 3.05) is 6.61 Å². The van der Waals surface area contributed by atoms with E-state index in [1.807, 2.05) is 45.9 Å². The number of rotatable bonds is 10. The van der Waals surface area contributed by atoms with Crippen LogP contribution in [0.25, 0.3) is 0 Å². The van der Waals surface area contributed by atoms with Crippen LogP contribution >= 0.6 is 7.52 Å². The van der Waals surface area contributed by atoms with Crippen molar-refractivity contribution < 1.29 is 28.2 Å². The minimum atomic E-state index is -4.25. The molecule has 0 radical (unpaired) electrons. The number of carbonyl (C=O) groups is 2. The second kappa shape index (κ2) is 10.8. The molecule has 1 N–H and O–H groups in total. The van der Waals surface area contributed by atoms with E-state index in [9.17, 15) is 14.2 Å². The molecule has 0 aromatic heterocycles. The van der Waals surface area contributed by atoms with Gasteiger partial charge in [0, 0.05) is 0 Å². The molecule has 0 bridgehead atoms. The second-order valence-corrected chi connectivity index (χ2v) is 9.66. The van der Waals surface area contributed by atoms with Crippen LogP contribution in [0.5, 0.6) is 5.75 Å². The number of nitrogens with one attached hydrogen (secondary N) is 1. The molecule has 2 atom stereocenters. The third-order valence-corrected chi connectivity index (χ3v) is 5.89. The zero-order chi connectivity index (χ0) is 22.4. The normalized spacial score (nSPS) is 14.6. The Hall–Kier alpha value is -1.85. The average Bonchev–Trinajstić information content (AvgIpc) is 2.60. The Labute approximate surface area is 174 Å². The lowest BCUT2D eigenvalue weighted by molar-refractivity contribution is -0.149. The van der Waals surface area contributed by atoms with Gasteiger partial charge in [0.1, 0.15) is 11.8 Å². The maximum Gasteiger partial charge on any atom is 0.424 e. The quantitative estimate of drug-likeness (QED) is 0.384. The maximum atomic E-state index is 13.6. The van der Waals surface area contributed by atoms with Gasteiger partial charge < -0.3 is 14.0 Å². The van der Waals surface area contributed by atoms with Gasteiger partial charge in [-0.3, -0.25) is 4.79 Å². The summed E-state index contributed by atoms with van der Waals surface area (Å²) in [6.07, 6.45) is -0.344. The minimum absolute atomic E-state index is 0.0293. The largest absolute Gasteiger partial charge is 0.462 e. The van der Waals surface area contributed by atoms with Gasteiger partial charge in [0.25, 0.3) is 0 Å². The van der Waals surface area contributed by atoms with Crippen LogP contribution < -0.4 is 9.61 Å². The zero-order valence-corrected chi connectivity index (χ0v) is 19.5. The van der Waals surface area contributed by atoms with Crippen molar-refractivity contribution in [2.24, 2.45) is 0 Å². The zero-order valence-electron chi connectivity index (χ0n) is 18.6. The van der Waals surface area contributed by atoms with Crippen molar-refractivity contribution in [3.8, 4) is 5.75 Å². The first-order valence-corrected chi connectivity index (χ1v) is 11.6. The Morgan fingerprint density at radius 3 is 1.93 bits per heavy atom. The molecule has 0 heterocycles. The molecule has 1 aromatic rings. The van der Waals surface area contributed by atoms with Crippen LogP contribution in [-0.2, 0) is 18.8 Å². The van der Waals surface area contributed by atoms with E-state index >= 15 is 0 Å². The standard InChI is InChI=1S/C21H34NO6P/c1-9-26-21(24)29(25,22-16(8)20(23)27-15(6)7)28-19-17(13(2)3)11-10-12-18(19)14(4)5/h10-16H,9H2,1-8H3,(H,22,25). The molecule has 7 nitrogen and oxygen atoms in total. The van der Waals surface area contributed by atoms with E-state index in [1.54, 1.807) is 20.8 Å². The summed E-state index contributed by atoms with van der Waals surface area (Å²) in [5.41, 5.74) is 0.609. The topological polar surface area (TPSA) is 90.9 Å². The highest BCUT2D eigenvalue weighted by molar-refractivity contribution is 7.74. The van der Waals surface area contributed by atoms with Crippen molar-refractivity contribution >= 4 is 19.2 Å². The van der Waals surface area contributed by atoms with Crippen LogP contribution in [0.15, 0.2) is 18.2 Å². The number of hydrogen-bond donors (Lipinski definition) is 1. The highest BCUT2D eigenvalue weighted by atomic mass is 31.2. The van der Waals surface area contributed by atoms with Gasteiger partial charge in [-0.2, -0.15) is 0 Å². The van der Waals surface area contributed by atoms with E-state index in [1.165, 1.54) is 6.92 Å². The molecule has 0 aliphatic carbocycles. The molecule has 1 rings (SSSR count). The van der Waals surface area contributed by atoms with E-state index in [2.05, 4.69) is 5.09 Å². The van der Waals surface area contributed by atoms with Crippen LogP contribution in [0.1, 0.15) is 78.4 Å². The van der Waals surface area contributed by atoms with Crippen molar-refractivity contribution in [1.82, 2.24) is 5.09 Å². The summed E-state index contributed by atoms with van der Waals surface area (Å²) in [4.78, 5) is 24.8. The van der Waals surface area contributed by atoms with E-state index in [0.29, 0.717) is 5.75 Å². The van der Waals surface area contributed by atoms with Gasteiger partial charge in [-0.1, -0.05) is 45.9 Å². The predicted molar refractivity (Wildman–Crippen MR) is 114 cm³/mol. The molecule has 164 valence electrons. The summed E-state index contributed by atoms with van der Waals surface area (Å²) in [6, 6.07) is 4.62. The van der Waals surface area contributed by atoms with Gasteiger partial charge in [-0.15, -0.1) is 0 Å². The second-order valence-electron chi connectivity index (χ2n) is 7.75. The fourth-order valence-electron chi connectivity index (χ4n) is 2.68. The van der Waals surface area contributed by atoms with Crippen LogP contribution in [-0.4, -0.2) is 30.4 Å². The van der Waals surface area contributed by atoms with Gasteiger partial charge in [0.05, 0.1) is 12.7 Å². The third kappa shape index (κ3) is 6.86. The van der Waals surface area contributed by atoms with E-state index < -0.39 is 25.2 Å². The lowest BCUT2D eigenvalue weighted by Crippen LogP contribution is -2.37. The summed E-state index contributed by atoms with van der Waals surface area (Å²) < 4.78 is 29.6. The van der Waals surface area contributed by atoms with Gasteiger partial charge in [0.2, 0.25) is 0 Å². The van der Waals surface area contributed by atoms with E-state index in [-0.39, 0.29) is 24.5 Å². The molecule has 8 heteroatoms. The molecular formula is C21H34NO6P. The third-order valence-electron chi connectivity index (χ3n) is 4.12. The number of hydrogen-bond acceptors (Lipinski definition) is 6. The molecule has 0 aliphatic heterocycles. The fraction of sp³-hybridized carbons (Fsp3) is 0.619. The molecule has 0 saturated carbocycles. The molecule has 0 fully saturated rings. The molecule has 0 aliphatic rings. The number of carbonyl (C=O) groups excluding carboxylic acids is 2. The smallest absolute Gasteiger partial charge is 0.424 e. The summed E-state index contributed by atoms with van der Waals surface area (Å²) in [5, 5.41) is 2.55. The van der Waals surface area contributed by atoms with Crippen LogP contribution in [0.2, 0.25) is 0 Å². The van der Waals surface area contributed by atoms with Crippen molar-refractivity contribution in [2.45, 2.75) is 79.4 Å². The number of ether oxygens (including phenoxy) is 2. The highest BCUT2D eigenvalue weighted by Crippen LogP contribution is 2.49. The first kappa shape index (κ1) is 25.2. The van der Waals surface area contributed by atoms with Gasteiger partial charge in [-0.05, 0) is 50.7 Å². The minimum Gasteiger partial charge on any atom is -0.462 e. The number of para-hydroxylation sites is 1. The van der Waals surface area contributed by atoms with Crippen LogP contribution in [0.3, 0.4) is 0 Å². The van der Waals surface area contributed by atoms with E-state index in [0.717, 1.165) is 11.1 Å². The maximum absolute atomic E-state index is 13.6. The Kier molecular flexibility index (Phi) is 9.37. The molecule has 2 unspecified atom stereocenters. The fourth-order valence-corrected chi connectivity index (χ4v) is 4.30. The SMILES string of the molecule is CCOC(=O)P(=O)(NC(C)C(=O)OC(C)C)Oc1c(C(C)C)cccc1C(C)C. The van der Waals surface area contributed by atoms with Crippen molar-refractivity contribution in [3.05, 3.63) is 29.3 Å². The Bertz CT molecular complexity index is 733. The number of benzene rings is 1. The van der Waals surface area contributed by atoms with Gasteiger partial charge >= 0.3 is 19.2 Å². The lowest BCUT2D eigenvalue weighted by Gasteiger charge is -2.26. The first-order valence-electron chi connectivity index (χ1n) is 10.0. The molecule has 0 amide bonds. The lowest BCUT2D eigenvalue weighted by atomic mass is 9.94. The molecular weight excluding hydrogens is 393 g/mol. The Morgan fingerprint density at radius 1 is 1.00 bits per heavy atom. The highest BCUT2D eigenvalue weighted by Gasteiger charge is 2.41. The Morgan fingerprint density at radius 2 is 1.52 bits per heavy atom. The summed E-state index contributed by atoms with van der Waals surface area (Å²) in [6.45, 7) is 14.5. The van der Waals surface area contributed by atoms with Gasteiger partial charge in [0.15, 0.2) is 0 Å². The molecule has 0 spiro atoms. The average molecular weight is 427 g/mol. The monoisotopic (exact) mass is 427 g/mol. The van der Waals surface area contributed by atoms with Gasteiger partial charge in [-0.25, -0.2) is 14.4 Å². The number of esters is 1. The summed E-state index contributed by atoms with van der Waals surface area (Å²) in [7, 11) is -4.25. The molecule has 0 saturated heterocycles. The van der Waals surface area contributed by atoms with Crippen molar-refractivity contribution in [1.29, 1.82) is 0 Å². The Balaban J connectivity index is 3.39. The van der Waals surface area contributed by atoms with E-state index in [4.69, 9.17) is 14.0 Å².